The number of aromatic nitrogens is 10. The van der Waals surface area contributed by atoms with Gasteiger partial charge in [-0.2, -0.15) is 65.9 Å². The molecule has 0 aliphatic rings. The average molecular weight is 1990 g/mol. The molecule has 0 bridgehead atoms. The molecule has 0 atom stereocenters. The van der Waals surface area contributed by atoms with Crippen LogP contribution in [0.5, 0.6) is 0 Å². The van der Waals surface area contributed by atoms with Crippen LogP contribution < -0.4 is 16.6 Å². The third-order valence-electron chi connectivity index (χ3n) is 11.9. The molecule has 0 saturated heterocycles. The largest absolute Gasteiger partial charge is 0.488 e. The van der Waals surface area contributed by atoms with Gasteiger partial charge in [-0.3, -0.25) is 14.2 Å². The highest BCUT2D eigenvalue weighted by Gasteiger charge is 2.38. The van der Waals surface area contributed by atoms with Gasteiger partial charge in [-0.1, -0.05) is 216 Å². The lowest BCUT2D eigenvalue weighted by molar-refractivity contribution is -0.142. The van der Waals surface area contributed by atoms with Crippen molar-refractivity contribution in [3.05, 3.63) is 197 Å². The van der Waals surface area contributed by atoms with E-state index in [0.717, 1.165) is 79.9 Å². The summed E-state index contributed by atoms with van der Waals surface area (Å²) in [6, 6.07) is 30.3. The quantitative estimate of drug-likeness (QED) is 0.0261. The first-order valence-corrected chi connectivity index (χ1v) is 49.9. The minimum atomic E-state index is -4.78. The Kier molecular flexibility index (Phi) is 51.0. The van der Waals surface area contributed by atoms with Gasteiger partial charge in [0.15, 0.2) is 32.0 Å². The number of terminal acetylenes is 2. The summed E-state index contributed by atoms with van der Waals surface area (Å²) in [4.78, 5) is 54.2. The van der Waals surface area contributed by atoms with Crippen LogP contribution in [0.1, 0.15) is 76.7 Å². The highest BCUT2D eigenvalue weighted by Crippen LogP contribution is 2.61. The van der Waals surface area contributed by atoms with Crippen LogP contribution in [0.15, 0.2) is 172 Å². The van der Waals surface area contributed by atoms with E-state index in [-0.39, 0.29) is 74.8 Å². The minimum absolute atomic E-state index is 0. The zero-order valence-corrected chi connectivity index (χ0v) is 71.8. The SMILES string of the molecule is C.C.C.C.C.C#C[Si](C)(C)C.C#Cc1ccc(-c2cc(C(F)(F)F)nc(S(C)(=O)=O)n2)cc1.CSc1nc(-c2ccc(Br)cc2)cc(C(F)(F)F)n1.CSc1nc(-c2ccc(C#C[Si](C)(C)C)cc2)cc(C(F)(F)F)n1.CSc1nc(C(F)(F)F)cc(=O)[nH]1.CSc1nc(C(F)(F)F)cc(=O)[nH]1.O=P(Cl)(Cl)Cl.OB(O)c1ccc(Br)cc1. The maximum atomic E-state index is 13.0. The molecule has 642 valence electrons. The molecule has 5 aromatic heterocycles. The first-order valence-electron chi connectivity index (χ1n) is 30.1. The molecule has 0 fully saturated rings. The first-order chi connectivity index (χ1) is 51.2. The number of benzene rings is 4. The summed E-state index contributed by atoms with van der Waals surface area (Å²) in [5.74, 6) is 5.48. The number of hydrogen-bond acceptors (Lipinski definition) is 19. The normalized spacial score (nSPS) is 11.0. The van der Waals surface area contributed by atoms with E-state index < -0.39 is 114 Å². The summed E-state index contributed by atoms with van der Waals surface area (Å²) in [5, 5.41) is 13.3. The topological polar surface area (TPSA) is 261 Å². The molecule has 9 aromatic rings. The number of hydrogen-bond donors (Lipinski definition) is 4. The predicted molar refractivity (Wildman–Crippen MR) is 458 cm³/mol. The number of thioether (sulfide) groups is 4. The van der Waals surface area contributed by atoms with Crippen molar-refractivity contribution in [2.24, 2.45) is 0 Å². The molecule has 0 saturated carbocycles. The fraction of sp³-hybridized carbons (Fsp3) is 0.296. The Labute approximate surface area is 719 Å². The van der Waals surface area contributed by atoms with E-state index in [2.05, 4.69) is 178 Å². The molecule has 4 aromatic carbocycles. The smallest absolute Gasteiger partial charge is 0.423 e. The molecule has 0 aliphatic carbocycles. The van der Waals surface area contributed by atoms with Crippen LogP contribution in [-0.4, -0.2) is 123 Å². The van der Waals surface area contributed by atoms with Crippen LogP contribution in [0.4, 0.5) is 65.9 Å². The molecule has 4 N–H and O–H groups in total. The van der Waals surface area contributed by atoms with Crippen LogP contribution in [-0.2, 0) is 45.3 Å². The van der Waals surface area contributed by atoms with E-state index in [1.54, 1.807) is 85.3 Å². The molecule has 0 aliphatic heterocycles. The Morgan fingerprint density at radius 3 is 1.01 bits per heavy atom. The van der Waals surface area contributed by atoms with Crippen molar-refractivity contribution < 1.29 is 88.9 Å². The van der Waals surface area contributed by atoms with E-state index in [9.17, 15) is 88.4 Å². The van der Waals surface area contributed by atoms with E-state index in [0.29, 0.717) is 45.9 Å². The summed E-state index contributed by atoms with van der Waals surface area (Å²) < 4.78 is 222. The zero-order chi connectivity index (χ0) is 85.9. The highest BCUT2D eigenvalue weighted by atomic mass is 79.9. The summed E-state index contributed by atoms with van der Waals surface area (Å²) in [6.07, 6.45) is -5.50. The van der Waals surface area contributed by atoms with Crippen molar-refractivity contribution in [1.29, 1.82) is 0 Å². The second-order valence-electron chi connectivity index (χ2n) is 23.2. The van der Waals surface area contributed by atoms with Gasteiger partial charge < -0.3 is 20.0 Å². The van der Waals surface area contributed by atoms with Gasteiger partial charge in [-0.15, -0.1) is 23.9 Å². The van der Waals surface area contributed by atoms with Gasteiger partial charge in [0.1, 0.15) is 33.2 Å². The average Bonchev–Trinajstić information content (AvgIpc) is 0.800. The Bertz CT molecular complexity index is 4980. The van der Waals surface area contributed by atoms with Crippen molar-refractivity contribution >= 4 is 156 Å². The molecule has 17 nitrogen and oxygen atoms in total. The van der Waals surface area contributed by atoms with Gasteiger partial charge in [0, 0.05) is 55.2 Å². The number of halogens is 20. The minimum Gasteiger partial charge on any atom is -0.423 e. The molecular formula is C71H80BBr2Cl3F15N10O7PS5Si2. The van der Waals surface area contributed by atoms with Crippen molar-refractivity contribution in [2.75, 3.05) is 31.3 Å². The summed E-state index contributed by atoms with van der Waals surface area (Å²) >= 11 is 24.4. The molecule has 5 heterocycles. The molecule has 117 heavy (non-hydrogen) atoms. The van der Waals surface area contributed by atoms with Gasteiger partial charge in [-0.05, 0) is 131 Å². The van der Waals surface area contributed by atoms with Gasteiger partial charge in [0.25, 0.3) is 11.1 Å². The van der Waals surface area contributed by atoms with Crippen LogP contribution in [0, 0.1) is 35.8 Å². The van der Waals surface area contributed by atoms with E-state index in [1.165, 1.54) is 36.8 Å². The van der Waals surface area contributed by atoms with E-state index in [4.69, 9.17) is 22.9 Å². The lowest BCUT2D eigenvalue weighted by Crippen LogP contribution is -2.29. The monoisotopic (exact) mass is 1990 g/mol. The lowest BCUT2D eigenvalue weighted by atomic mass is 9.81. The van der Waals surface area contributed by atoms with Crippen LogP contribution in [0.25, 0.3) is 33.8 Å². The Balaban J connectivity index is -0.000000644. The molecular weight excluding hydrogens is 1910 g/mol. The van der Waals surface area contributed by atoms with Crippen molar-refractivity contribution in [3.8, 4) is 69.5 Å². The lowest BCUT2D eigenvalue weighted by Gasteiger charge is -2.10. The molecule has 9 rings (SSSR count). The van der Waals surface area contributed by atoms with Crippen molar-refractivity contribution in [2.45, 2.75) is 133 Å². The second kappa shape index (κ2) is 51.2. The van der Waals surface area contributed by atoms with Crippen molar-refractivity contribution in [1.82, 2.24) is 49.8 Å². The maximum Gasteiger partial charge on any atom is 0.488 e. The van der Waals surface area contributed by atoms with Gasteiger partial charge in [-0.25, -0.2) is 48.3 Å². The number of aromatic amines is 2. The van der Waals surface area contributed by atoms with Gasteiger partial charge in [0.2, 0.25) is 15.0 Å². The maximum absolute atomic E-state index is 13.0. The van der Waals surface area contributed by atoms with E-state index >= 15 is 0 Å². The van der Waals surface area contributed by atoms with Crippen molar-refractivity contribution in [3.63, 3.8) is 0 Å². The fourth-order valence-corrected chi connectivity index (χ4v) is 9.95. The Morgan fingerprint density at radius 2 is 0.744 bits per heavy atom. The zero-order valence-electron chi connectivity index (χ0n) is 59.4. The van der Waals surface area contributed by atoms with Gasteiger partial charge >= 0.3 is 43.2 Å². The van der Waals surface area contributed by atoms with Crippen LogP contribution >= 0.6 is 118 Å². The number of rotatable bonds is 9. The van der Waals surface area contributed by atoms with Gasteiger partial charge in [0.05, 0.1) is 17.1 Å². The number of sulfone groups is 1. The molecule has 46 heteroatoms. The number of H-pyrrole nitrogens is 2. The predicted octanol–water partition coefficient (Wildman–Crippen LogP) is 22.9. The fourth-order valence-electron chi connectivity index (χ4n) is 6.83. The standard InChI is InChI=1S/C17H17F3N2SSi.C14H9F3N2O2S.C12H8BrF3N2S.C6H6BBrO2.2C6H5F3N2OS.C5H10Si.5CH4.Cl3OP/c1-23-16-21-14(11-15(22-16)17(18,19)20)13-7-5-12(6-8-13)9-10-24(2,3)4;1-3-9-4-6-10(7-5-9)11-8-12(14(15,16)17)19-13(18-11)22(2,20)21;1-19-11-17-9(6-10(18-11)12(14,15)16)7-2-4-8(13)5-3-7;8-6-3-1-5(2-4-6)7(9)10;2*1-13-5-10-3(6(7,8)9)2-4(12)11-5;1-5-6(2,3)4;;;;;;1-5(2,3)4/h5-8,11H,1-4H3;1,4-8H,2H3;2-6H,1H3;1-4,9-10H;2*2H,1H3,(H,10,11,12);1H,2-4H3;5*1H4;. The van der Waals surface area contributed by atoms with Crippen LogP contribution in [0.2, 0.25) is 39.3 Å². The Hall–Kier alpha value is -6.66. The number of nitrogens with one attached hydrogen (secondary N) is 2. The van der Waals surface area contributed by atoms with Crippen LogP contribution in [0.3, 0.4) is 0 Å². The highest BCUT2D eigenvalue weighted by molar-refractivity contribution is 9.10. The molecule has 0 amide bonds. The number of alkyl halides is 15. The third-order valence-corrected chi connectivity index (χ3v) is 17.8. The molecule has 0 spiro atoms. The Morgan fingerprint density at radius 1 is 0.462 bits per heavy atom. The summed E-state index contributed by atoms with van der Waals surface area (Å²) in [7, 11) is -7.92. The summed E-state index contributed by atoms with van der Waals surface area (Å²) in [6.45, 7) is 12.9. The number of nitrogens with zero attached hydrogens (tertiary/aromatic N) is 8. The molecule has 0 radical (unpaired) electrons. The first kappa shape index (κ1) is 117. The second-order valence-corrected chi connectivity index (χ2v) is 46.3. The summed E-state index contributed by atoms with van der Waals surface area (Å²) in [5.41, 5.74) is 2.68. The molecule has 0 unspecified atom stereocenters. The third kappa shape index (κ3) is 46.6. The van der Waals surface area contributed by atoms with E-state index in [1.807, 2.05) is 0 Å².